The van der Waals surface area contributed by atoms with Crippen molar-refractivity contribution in [1.29, 1.82) is 0 Å². The Morgan fingerprint density at radius 3 is 2.45 bits per heavy atom. The van der Waals surface area contributed by atoms with Gasteiger partial charge in [0.1, 0.15) is 12.1 Å². The molecule has 20 heavy (non-hydrogen) atoms. The maximum atomic E-state index is 6.19. The van der Waals surface area contributed by atoms with Gasteiger partial charge < -0.3 is 11.5 Å². The Labute approximate surface area is 121 Å². The topological polar surface area (TPSA) is 77.8 Å². The zero-order chi connectivity index (χ0) is 14.1. The van der Waals surface area contributed by atoms with Gasteiger partial charge in [-0.2, -0.15) is 0 Å². The van der Waals surface area contributed by atoms with Crippen molar-refractivity contribution in [2.45, 2.75) is 6.42 Å². The molecular formula is C15H13ClN4. The third kappa shape index (κ3) is 2.26. The van der Waals surface area contributed by atoms with Crippen molar-refractivity contribution in [3.63, 3.8) is 0 Å². The van der Waals surface area contributed by atoms with Crippen molar-refractivity contribution in [1.82, 2.24) is 9.97 Å². The van der Waals surface area contributed by atoms with Crippen LogP contribution in [0.4, 0.5) is 11.5 Å². The lowest BCUT2D eigenvalue weighted by molar-refractivity contribution is 1.18. The molecule has 0 amide bonds. The summed E-state index contributed by atoms with van der Waals surface area (Å²) in [6.07, 6.45) is 2.16. The quantitative estimate of drug-likeness (QED) is 0.709. The molecule has 0 fully saturated rings. The number of rotatable bonds is 2. The number of fused-ring (bicyclic) bond motifs is 1. The van der Waals surface area contributed by atoms with E-state index in [1.165, 1.54) is 6.33 Å². The first-order valence-electron chi connectivity index (χ1n) is 6.17. The van der Waals surface area contributed by atoms with E-state index in [1.807, 2.05) is 36.4 Å². The van der Waals surface area contributed by atoms with E-state index in [0.29, 0.717) is 17.0 Å². The second-order valence-electron chi connectivity index (χ2n) is 4.60. The molecule has 100 valence electrons. The zero-order valence-corrected chi connectivity index (χ0v) is 11.4. The third-order valence-electron chi connectivity index (χ3n) is 3.27. The molecule has 2 aromatic carbocycles. The Bertz CT molecular complexity index is 769. The Hall–Kier alpha value is -2.33. The van der Waals surface area contributed by atoms with E-state index in [9.17, 15) is 0 Å². The minimum absolute atomic E-state index is 0.444. The molecule has 0 radical (unpaired) electrons. The van der Waals surface area contributed by atoms with E-state index in [2.05, 4.69) is 9.97 Å². The first-order valence-corrected chi connectivity index (χ1v) is 6.55. The van der Waals surface area contributed by atoms with Crippen molar-refractivity contribution in [3.8, 4) is 0 Å². The fraction of sp³-hybridized carbons (Fsp3) is 0.0667. The summed E-state index contributed by atoms with van der Waals surface area (Å²) >= 11 is 5.89. The fourth-order valence-electron chi connectivity index (χ4n) is 2.19. The summed E-state index contributed by atoms with van der Waals surface area (Å²) in [5.41, 5.74) is 15.5. The molecule has 0 atom stereocenters. The maximum absolute atomic E-state index is 6.19. The summed E-state index contributed by atoms with van der Waals surface area (Å²) in [5.74, 6) is 0.444. The van der Waals surface area contributed by atoms with Crippen molar-refractivity contribution in [2.24, 2.45) is 0 Å². The average molecular weight is 285 g/mol. The van der Waals surface area contributed by atoms with Crippen LogP contribution in [0.2, 0.25) is 5.02 Å². The minimum Gasteiger partial charge on any atom is -0.397 e. The van der Waals surface area contributed by atoms with Gasteiger partial charge in [0.15, 0.2) is 0 Å². The van der Waals surface area contributed by atoms with Crippen LogP contribution in [0, 0.1) is 0 Å². The standard InChI is InChI=1S/C15H13ClN4/c16-11-4-1-9(2-5-11)7-10-3-6-12-14(13(10)17)19-8-20-15(12)18/h1-6,8H,7,17H2,(H2,18,19,20). The molecule has 0 unspecified atom stereocenters. The summed E-state index contributed by atoms with van der Waals surface area (Å²) in [5, 5.41) is 1.51. The molecular weight excluding hydrogens is 272 g/mol. The van der Waals surface area contributed by atoms with E-state index < -0.39 is 0 Å². The van der Waals surface area contributed by atoms with Crippen LogP contribution in [-0.2, 0) is 6.42 Å². The van der Waals surface area contributed by atoms with Crippen LogP contribution in [-0.4, -0.2) is 9.97 Å². The van der Waals surface area contributed by atoms with Gasteiger partial charge in [-0.25, -0.2) is 9.97 Å². The molecule has 0 bridgehead atoms. The molecule has 0 aliphatic heterocycles. The van der Waals surface area contributed by atoms with Gasteiger partial charge in [0, 0.05) is 10.4 Å². The summed E-state index contributed by atoms with van der Waals surface area (Å²) < 4.78 is 0. The number of hydrogen-bond donors (Lipinski definition) is 2. The largest absolute Gasteiger partial charge is 0.397 e. The van der Waals surface area contributed by atoms with Gasteiger partial charge in [0.05, 0.1) is 11.2 Å². The lowest BCUT2D eigenvalue weighted by Crippen LogP contribution is -2.01. The van der Waals surface area contributed by atoms with Crippen molar-refractivity contribution in [3.05, 3.63) is 58.9 Å². The van der Waals surface area contributed by atoms with Crippen LogP contribution in [0.1, 0.15) is 11.1 Å². The summed E-state index contributed by atoms with van der Waals surface area (Å²) in [4.78, 5) is 8.19. The first kappa shape index (κ1) is 12.7. The second kappa shape index (κ2) is 4.98. The minimum atomic E-state index is 0.444. The number of aromatic nitrogens is 2. The lowest BCUT2D eigenvalue weighted by Gasteiger charge is -2.09. The second-order valence-corrected chi connectivity index (χ2v) is 5.03. The molecule has 1 heterocycles. The number of nitrogens with two attached hydrogens (primary N) is 2. The van der Waals surface area contributed by atoms with Crippen LogP contribution in [0.25, 0.3) is 10.9 Å². The summed E-state index contributed by atoms with van der Waals surface area (Å²) in [6.45, 7) is 0. The number of benzene rings is 2. The van der Waals surface area contributed by atoms with E-state index in [-0.39, 0.29) is 0 Å². The molecule has 4 N–H and O–H groups in total. The Morgan fingerprint density at radius 1 is 0.950 bits per heavy atom. The van der Waals surface area contributed by atoms with Crippen molar-refractivity contribution < 1.29 is 0 Å². The number of anilines is 2. The molecule has 0 spiro atoms. The predicted octanol–water partition coefficient (Wildman–Crippen LogP) is 3.04. The highest BCUT2D eigenvalue weighted by Gasteiger charge is 2.09. The van der Waals surface area contributed by atoms with E-state index >= 15 is 0 Å². The number of nitrogen functional groups attached to an aromatic ring is 2. The molecule has 4 nitrogen and oxygen atoms in total. The Morgan fingerprint density at radius 2 is 1.70 bits per heavy atom. The molecule has 0 aliphatic rings. The molecule has 1 aromatic heterocycles. The van der Waals surface area contributed by atoms with Crippen molar-refractivity contribution in [2.75, 3.05) is 11.5 Å². The summed E-state index contributed by atoms with van der Waals surface area (Å²) in [6, 6.07) is 11.6. The summed E-state index contributed by atoms with van der Waals surface area (Å²) in [7, 11) is 0. The molecule has 3 rings (SSSR count). The third-order valence-corrected chi connectivity index (χ3v) is 3.53. The number of nitrogens with zero attached hydrogens (tertiary/aromatic N) is 2. The van der Waals surface area contributed by atoms with Gasteiger partial charge in [-0.15, -0.1) is 0 Å². The van der Waals surface area contributed by atoms with E-state index in [0.717, 1.165) is 28.0 Å². The molecule has 0 aliphatic carbocycles. The van der Waals surface area contributed by atoms with Crippen LogP contribution < -0.4 is 11.5 Å². The smallest absolute Gasteiger partial charge is 0.134 e. The average Bonchev–Trinajstić information content (AvgIpc) is 2.45. The van der Waals surface area contributed by atoms with Gasteiger partial charge in [0.25, 0.3) is 0 Å². The predicted molar refractivity (Wildman–Crippen MR) is 82.6 cm³/mol. The Kier molecular flexibility index (Phi) is 3.16. The first-order chi connectivity index (χ1) is 9.65. The van der Waals surface area contributed by atoms with Gasteiger partial charge in [-0.05, 0) is 35.7 Å². The highest BCUT2D eigenvalue weighted by atomic mass is 35.5. The zero-order valence-electron chi connectivity index (χ0n) is 10.7. The van der Waals surface area contributed by atoms with E-state index in [1.54, 1.807) is 0 Å². The molecule has 5 heteroatoms. The molecule has 0 saturated carbocycles. The number of halogens is 1. The monoisotopic (exact) mass is 284 g/mol. The Balaban J connectivity index is 2.04. The van der Waals surface area contributed by atoms with Gasteiger partial charge in [-0.1, -0.05) is 29.8 Å². The van der Waals surface area contributed by atoms with Gasteiger partial charge in [-0.3, -0.25) is 0 Å². The van der Waals surface area contributed by atoms with Crippen LogP contribution in [0.3, 0.4) is 0 Å². The fourth-order valence-corrected chi connectivity index (χ4v) is 2.32. The lowest BCUT2D eigenvalue weighted by atomic mass is 10.0. The van der Waals surface area contributed by atoms with Crippen molar-refractivity contribution >= 4 is 34.0 Å². The van der Waals surface area contributed by atoms with E-state index in [4.69, 9.17) is 23.1 Å². The normalized spacial score (nSPS) is 10.8. The highest BCUT2D eigenvalue weighted by molar-refractivity contribution is 6.30. The van der Waals surface area contributed by atoms with Gasteiger partial charge in [0.2, 0.25) is 0 Å². The van der Waals surface area contributed by atoms with Crippen LogP contribution in [0.5, 0.6) is 0 Å². The number of hydrogen-bond acceptors (Lipinski definition) is 4. The van der Waals surface area contributed by atoms with Crippen LogP contribution in [0.15, 0.2) is 42.7 Å². The van der Waals surface area contributed by atoms with Gasteiger partial charge >= 0.3 is 0 Å². The molecule has 3 aromatic rings. The highest BCUT2D eigenvalue weighted by Crippen LogP contribution is 2.27. The van der Waals surface area contributed by atoms with Crippen LogP contribution >= 0.6 is 11.6 Å². The SMILES string of the molecule is Nc1ncnc2c(N)c(Cc3ccc(Cl)cc3)ccc12. The molecule has 0 saturated heterocycles. The maximum Gasteiger partial charge on any atom is 0.134 e.